The molecule has 17 heavy (non-hydrogen) atoms. The molecule has 0 spiro atoms. The second-order valence-corrected chi connectivity index (χ2v) is 5.64. The first-order chi connectivity index (χ1) is 8.20. The highest BCUT2D eigenvalue weighted by Gasteiger charge is 2.12. The van der Waals surface area contributed by atoms with Crippen LogP contribution in [0.15, 0.2) is 40.2 Å². The largest absolute Gasteiger partial charge is 0.375 e. The summed E-state index contributed by atoms with van der Waals surface area (Å²) in [6.45, 7) is 2.09. The van der Waals surface area contributed by atoms with Gasteiger partial charge < -0.3 is 5.32 Å². The smallest absolute Gasteiger partial charge is 0.147 e. The average Bonchev–Trinajstić information content (AvgIpc) is 2.81. The molecule has 0 amide bonds. The van der Waals surface area contributed by atoms with Crippen molar-refractivity contribution in [2.24, 2.45) is 0 Å². The van der Waals surface area contributed by atoms with Gasteiger partial charge in [-0.3, -0.25) is 0 Å². The van der Waals surface area contributed by atoms with Gasteiger partial charge in [-0.1, -0.05) is 28.9 Å². The highest BCUT2D eigenvalue weighted by molar-refractivity contribution is 9.10. The molecule has 1 heterocycles. The third kappa shape index (κ3) is 3.07. The van der Waals surface area contributed by atoms with Crippen molar-refractivity contribution in [3.8, 4) is 0 Å². The summed E-state index contributed by atoms with van der Waals surface area (Å²) in [7, 11) is 0. The van der Waals surface area contributed by atoms with Crippen LogP contribution in [0.25, 0.3) is 0 Å². The Morgan fingerprint density at radius 1 is 1.41 bits per heavy atom. The number of hydrogen-bond donors (Lipinski definition) is 1. The predicted octanol–water partition coefficient (Wildman–Crippen LogP) is 5.21. The molecule has 1 aromatic heterocycles. The van der Waals surface area contributed by atoms with Gasteiger partial charge in [0.15, 0.2) is 0 Å². The monoisotopic (exact) mass is 313 g/mol. The fraction of sp³-hybridized carbons (Fsp3) is 0.231. The number of halogens is 2. The Morgan fingerprint density at radius 3 is 2.82 bits per heavy atom. The number of anilines is 1. The van der Waals surface area contributed by atoms with Gasteiger partial charge in [0.1, 0.15) is 5.82 Å². The highest BCUT2D eigenvalue weighted by atomic mass is 79.9. The van der Waals surface area contributed by atoms with Gasteiger partial charge in [0.2, 0.25) is 0 Å². The van der Waals surface area contributed by atoms with E-state index in [2.05, 4.69) is 34.2 Å². The van der Waals surface area contributed by atoms with Crippen LogP contribution in [0.1, 0.15) is 24.3 Å². The first-order valence-electron chi connectivity index (χ1n) is 5.45. The molecule has 4 heteroatoms. The zero-order chi connectivity index (χ0) is 12.3. The van der Waals surface area contributed by atoms with Gasteiger partial charge in [-0.05, 0) is 36.1 Å². The summed E-state index contributed by atoms with van der Waals surface area (Å²) >= 11 is 4.94. The number of rotatable bonds is 4. The molecule has 1 unspecified atom stereocenters. The third-order valence-electron chi connectivity index (χ3n) is 2.56. The number of thiophene rings is 1. The van der Waals surface area contributed by atoms with Crippen molar-refractivity contribution in [1.29, 1.82) is 0 Å². The minimum absolute atomic E-state index is 0.172. The minimum atomic E-state index is -0.227. The lowest BCUT2D eigenvalue weighted by Crippen LogP contribution is -2.09. The van der Waals surface area contributed by atoms with E-state index in [1.165, 1.54) is 10.9 Å². The maximum absolute atomic E-state index is 13.7. The zero-order valence-corrected chi connectivity index (χ0v) is 11.8. The Bertz CT molecular complexity index is 484. The van der Waals surface area contributed by atoms with Crippen molar-refractivity contribution < 1.29 is 4.39 Å². The number of benzene rings is 1. The molecule has 0 fully saturated rings. The Balaban J connectivity index is 2.19. The lowest BCUT2D eigenvalue weighted by molar-refractivity contribution is 0.624. The molecule has 2 aromatic rings. The van der Waals surface area contributed by atoms with E-state index in [0.29, 0.717) is 5.69 Å². The fourth-order valence-corrected chi connectivity index (χ4v) is 2.85. The summed E-state index contributed by atoms with van der Waals surface area (Å²) in [6, 6.07) is 9.34. The van der Waals surface area contributed by atoms with Crippen LogP contribution in [-0.2, 0) is 0 Å². The highest BCUT2D eigenvalue weighted by Crippen LogP contribution is 2.28. The second-order valence-electron chi connectivity index (χ2n) is 3.74. The molecule has 2 rings (SSSR count). The minimum Gasteiger partial charge on any atom is -0.375 e. The molecule has 0 saturated heterocycles. The maximum Gasteiger partial charge on any atom is 0.147 e. The predicted molar refractivity (Wildman–Crippen MR) is 75.1 cm³/mol. The van der Waals surface area contributed by atoms with Gasteiger partial charge in [0.25, 0.3) is 0 Å². The molecule has 0 aliphatic heterocycles. The van der Waals surface area contributed by atoms with Crippen LogP contribution >= 0.6 is 27.3 Å². The van der Waals surface area contributed by atoms with Crippen molar-refractivity contribution in [2.75, 3.05) is 5.32 Å². The van der Waals surface area contributed by atoms with Gasteiger partial charge in [-0.2, -0.15) is 0 Å². The Labute approximate surface area is 113 Å². The van der Waals surface area contributed by atoms with Crippen LogP contribution in [0.4, 0.5) is 10.1 Å². The van der Waals surface area contributed by atoms with Gasteiger partial charge in [-0.25, -0.2) is 4.39 Å². The third-order valence-corrected chi connectivity index (χ3v) is 4.03. The molecular weight excluding hydrogens is 301 g/mol. The Hall–Kier alpha value is -0.870. The molecule has 90 valence electrons. The van der Waals surface area contributed by atoms with Crippen molar-refractivity contribution in [1.82, 2.24) is 0 Å². The lowest BCUT2D eigenvalue weighted by atomic mass is 10.1. The van der Waals surface area contributed by atoms with Crippen LogP contribution in [0.3, 0.4) is 0 Å². The molecule has 1 N–H and O–H groups in total. The number of hydrogen-bond acceptors (Lipinski definition) is 2. The summed E-state index contributed by atoms with van der Waals surface area (Å²) < 4.78 is 14.5. The van der Waals surface area contributed by atoms with Crippen LogP contribution in [0.5, 0.6) is 0 Å². The van der Waals surface area contributed by atoms with E-state index in [-0.39, 0.29) is 11.9 Å². The van der Waals surface area contributed by atoms with Crippen LogP contribution < -0.4 is 5.32 Å². The number of nitrogens with one attached hydrogen (secondary N) is 1. The molecule has 1 atom stereocenters. The van der Waals surface area contributed by atoms with E-state index < -0.39 is 0 Å². The molecular formula is C13H13BrFNS. The molecule has 0 aliphatic carbocycles. The van der Waals surface area contributed by atoms with Crippen LogP contribution in [0.2, 0.25) is 0 Å². The normalized spacial score (nSPS) is 12.4. The second kappa shape index (κ2) is 5.65. The van der Waals surface area contributed by atoms with E-state index in [1.54, 1.807) is 17.4 Å². The summed E-state index contributed by atoms with van der Waals surface area (Å²) in [5.74, 6) is -0.227. The summed E-state index contributed by atoms with van der Waals surface area (Å²) in [5, 5.41) is 5.28. The van der Waals surface area contributed by atoms with E-state index in [9.17, 15) is 4.39 Å². The molecule has 0 aliphatic rings. The van der Waals surface area contributed by atoms with Crippen LogP contribution in [-0.4, -0.2) is 0 Å². The van der Waals surface area contributed by atoms with Gasteiger partial charge >= 0.3 is 0 Å². The Kier molecular flexibility index (Phi) is 4.18. The lowest BCUT2D eigenvalue weighted by Gasteiger charge is -2.17. The molecule has 0 saturated carbocycles. The molecule has 0 radical (unpaired) electrons. The first kappa shape index (κ1) is 12.6. The standard InChI is InChI=1S/C13H13BrFNS/c1-2-11(13-4-3-7-17-13)16-12-6-5-9(14)8-10(12)15/h3-8,11,16H,2H2,1H3. The van der Waals surface area contributed by atoms with Crippen LogP contribution in [0, 0.1) is 5.82 Å². The summed E-state index contributed by atoms with van der Waals surface area (Å²) in [5.41, 5.74) is 0.549. The fourth-order valence-electron chi connectivity index (χ4n) is 1.66. The van der Waals surface area contributed by atoms with E-state index in [0.717, 1.165) is 10.9 Å². The van der Waals surface area contributed by atoms with Crippen molar-refractivity contribution in [3.05, 3.63) is 50.9 Å². The van der Waals surface area contributed by atoms with E-state index in [4.69, 9.17) is 0 Å². The zero-order valence-electron chi connectivity index (χ0n) is 9.41. The summed E-state index contributed by atoms with van der Waals surface area (Å²) in [4.78, 5) is 1.23. The first-order valence-corrected chi connectivity index (χ1v) is 7.13. The quantitative estimate of drug-likeness (QED) is 0.816. The van der Waals surface area contributed by atoms with Crippen molar-refractivity contribution in [3.63, 3.8) is 0 Å². The Morgan fingerprint density at radius 2 is 2.24 bits per heavy atom. The molecule has 0 bridgehead atoms. The average molecular weight is 314 g/mol. The maximum atomic E-state index is 13.7. The van der Waals surface area contributed by atoms with Gasteiger partial charge in [0, 0.05) is 9.35 Å². The summed E-state index contributed by atoms with van der Waals surface area (Å²) in [6.07, 6.45) is 0.927. The van der Waals surface area contributed by atoms with Gasteiger partial charge in [0.05, 0.1) is 11.7 Å². The van der Waals surface area contributed by atoms with E-state index in [1.807, 2.05) is 17.5 Å². The van der Waals surface area contributed by atoms with E-state index >= 15 is 0 Å². The van der Waals surface area contributed by atoms with Crippen molar-refractivity contribution >= 4 is 33.0 Å². The topological polar surface area (TPSA) is 12.0 Å². The SMILES string of the molecule is CCC(Nc1ccc(Br)cc1F)c1cccs1. The molecule has 1 nitrogen and oxygen atoms in total. The van der Waals surface area contributed by atoms with Gasteiger partial charge in [-0.15, -0.1) is 11.3 Å². The van der Waals surface area contributed by atoms with Crippen molar-refractivity contribution in [2.45, 2.75) is 19.4 Å². The molecule has 1 aromatic carbocycles.